The summed E-state index contributed by atoms with van der Waals surface area (Å²) in [6.07, 6.45) is 2.71. The number of nitrogens with zero attached hydrogens (tertiary/aromatic N) is 4. The number of likely N-dealkylation sites (tertiary alicyclic amines) is 1. The summed E-state index contributed by atoms with van der Waals surface area (Å²) in [6, 6.07) is 11.1. The van der Waals surface area contributed by atoms with E-state index >= 15 is 0 Å². The number of carbonyl (C=O) groups excluding carboxylic acids is 1. The van der Waals surface area contributed by atoms with E-state index in [0.717, 1.165) is 0 Å². The van der Waals surface area contributed by atoms with Gasteiger partial charge in [0.25, 0.3) is 11.6 Å². The van der Waals surface area contributed by atoms with Crippen LogP contribution < -0.4 is 0 Å². The van der Waals surface area contributed by atoms with Crippen molar-refractivity contribution in [2.24, 2.45) is 0 Å². The molecular formula is C21H20N4O6. The standard InChI is InChI=1S/C21H20N4O6/c26-20(23-8-6-21(7-9-23)30-11-12-31-21)18-14-17(19-5-2-10-29-19)22-24(18)15-3-1-4-16(13-15)25(27)28/h1-5,10,13-14H,6-9,11-12H2. The second-order valence-corrected chi connectivity index (χ2v) is 7.48. The maximum atomic E-state index is 13.4. The zero-order chi connectivity index (χ0) is 21.4. The molecule has 0 N–H and O–H groups in total. The molecule has 2 fully saturated rings. The molecule has 0 bridgehead atoms. The van der Waals surface area contributed by atoms with Crippen LogP contribution in [0, 0.1) is 10.1 Å². The molecule has 2 aliphatic heterocycles. The van der Waals surface area contributed by atoms with E-state index in [1.807, 2.05) is 0 Å². The Labute approximate surface area is 177 Å². The Morgan fingerprint density at radius 1 is 1.10 bits per heavy atom. The lowest BCUT2D eigenvalue weighted by Crippen LogP contribution is -2.47. The van der Waals surface area contributed by atoms with Gasteiger partial charge >= 0.3 is 0 Å². The summed E-state index contributed by atoms with van der Waals surface area (Å²) in [5, 5.41) is 15.7. The molecule has 10 nitrogen and oxygen atoms in total. The maximum absolute atomic E-state index is 13.4. The molecule has 0 atom stereocenters. The lowest BCUT2D eigenvalue weighted by Gasteiger charge is -2.37. The summed E-state index contributed by atoms with van der Waals surface area (Å²) >= 11 is 0. The molecule has 4 heterocycles. The third-order valence-electron chi connectivity index (χ3n) is 5.61. The number of amides is 1. The fourth-order valence-corrected chi connectivity index (χ4v) is 4.01. The number of nitro groups is 1. The van der Waals surface area contributed by atoms with E-state index in [1.54, 1.807) is 35.2 Å². The van der Waals surface area contributed by atoms with E-state index in [0.29, 0.717) is 62.0 Å². The molecule has 2 aromatic heterocycles. The summed E-state index contributed by atoms with van der Waals surface area (Å²) in [7, 11) is 0. The SMILES string of the molecule is O=C(c1cc(-c2ccco2)nn1-c1cccc([N+](=O)[O-])c1)N1CCC2(CC1)OCCO2. The van der Waals surface area contributed by atoms with Crippen molar-refractivity contribution in [2.45, 2.75) is 18.6 Å². The van der Waals surface area contributed by atoms with Crippen LogP contribution in [0.25, 0.3) is 17.1 Å². The minimum atomic E-state index is -0.587. The molecule has 2 aliphatic rings. The highest BCUT2D eigenvalue weighted by atomic mass is 16.7. The Bertz CT molecular complexity index is 1110. The van der Waals surface area contributed by atoms with Gasteiger partial charge in [-0.2, -0.15) is 5.10 Å². The van der Waals surface area contributed by atoms with Gasteiger partial charge in [-0.1, -0.05) is 6.07 Å². The van der Waals surface area contributed by atoms with Crippen LogP contribution >= 0.6 is 0 Å². The van der Waals surface area contributed by atoms with Gasteiger partial charge in [0.15, 0.2) is 11.5 Å². The van der Waals surface area contributed by atoms with Crippen LogP contribution in [0.2, 0.25) is 0 Å². The highest BCUT2D eigenvalue weighted by Crippen LogP contribution is 2.32. The molecule has 160 valence electrons. The number of hydrogen-bond acceptors (Lipinski definition) is 7. The van der Waals surface area contributed by atoms with Crippen LogP contribution in [-0.2, 0) is 9.47 Å². The number of aromatic nitrogens is 2. The first-order chi connectivity index (χ1) is 15.0. The van der Waals surface area contributed by atoms with E-state index in [4.69, 9.17) is 13.9 Å². The fraction of sp³-hybridized carbons (Fsp3) is 0.333. The number of rotatable bonds is 4. The number of hydrogen-bond donors (Lipinski definition) is 0. The Kier molecular flexibility index (Phi) is 4.79. The summed E-state index contributed by atoms with van der Waals surface area (Å²) in [5.41, 5.74) is 1.11. The third kappa shape index (κ3) is 3.60. The van der Waals surface area contributed by atoms with Gasteiger partial charge in [0.1, 0.15) is 11.4 Å². The molecule has 1 amide bonds. The van der Waals surface area contributed by atoms with Crippen molar-refractivity contribution < 1.29 is 23.6 Å². The molecule has 3 aromatic rings. The first-order valence-corrected chi connectivity index (χ1v) is 10.0. The van der Waals surface area contributed by atoms with Gasteiger partial charge in [0.2, 0.25) is 0 Å². The van der Waals surface area contributed by atoms with E-state index in [9.17, 15) is 14.9 Å². The summed E-state index contributed by atoms with van der Waals surface area (Å²) in [5.74, 6) is -0.301. The predicted molar refractivity (Wildman–Crippen MR) is 108 cm³/mol. The summed E-state index contributed by atoms with van der Waals surface area (Å²) in [4.78, 5) is 25.9. The smallest absolute Gasteiger partial charge is 0.272 e. The Balaban J connectivity index is 1.49. The molecule has 5 rings (SSSR count). The average Bonchev–Trinajstić information content (AvgIpc) is 3.55. The van der Waals surface area contributed by atoms with Crippen molar-refractivity contribution in [1.82, 2.24) is 14.7 Å². The molecule has 1 spiro atoms. The van der Waals surface area contributed by atoms with Gasteiger partial charge in [-0.05, 0) is 18.2 Å². The molecule has 1 aromatic carbocycles. The molecule has 31 heavy (non-hydrogen) atoms. The topological polar surface area (TPSA) is 113 Å². The summed E-state index contributed by atoms with van der Waals surface area (Å²) < 4.78 is 18.3. The molecule has 2 saturated heterocycles. The third-order valence-corrected chi connectivity index (χ3v) is 5.61. The van der Waals surface area contributed by atoms with E-state index < -0.39 is 10.7 Å². The van der Waals surface area contributed by atoms with Crippen LogP contribution in [0.1, 0.15) is 23.3 Å². The fourth-order valence-electron chi connectivity index (χ4n) is 4.01. The van der Waals surface area contributed by atoms with Crippen LogP contribution in [0.5, 0.6) is 0 Å². The maximum Gasteiger partial charge on any atom is 0.272 e. The number of furan rings is 1. The monoisotopic (exact) mass is 424 g/mol. The predicted octanol–water partition coefficient (Wildman–Crippen LogP) is 3.02. The lowest BCUT2D eigenvalue weighted by atomic mass is 10.0. The van der Waals surface area contributed by atoms with E-state index in [1.165, 1.54) is 23.1 Å². The minimum Gasteiger partial charge on any atom is -0.463 e. The van der Waals surface area contributed by atoms with Crippen molar-refractivity contribution in [3.8, 4) is 17.1 Å². The molecule has 0 saturated carbocycles. The van der Waals surface area contributed by atoms with Crippen LogP contribution in [-0.4, -0.2) is 57.6 Å². The van der Waals surface area contributed by atoms with E-state index in [-0.39, 0.29) is 11.6 Å². The Morgan fingerprint density at radius 2 is 1.87 bits per heavy atom. The van der Waals surface area contributed by atoms with Crippen molar-refractivity contribution in [3.63, 3.8) is 0 Å². The van der Waals surface area contributed by atoms with Crippen LogP contribution in [0.15, 0.2) is 53.1 Å². The first kappa shape index (κ1) is 19.5. The number of non-ortho nitro benzene ring substituents is 1. The minimum absolute atomic E-state index is 0.0820. The largest absolute Gasteiger partial charge is 0.463 e. The number of piperidine rings is 1. The van der Waals surface area contributed by atoms with Crippen molar-refractivity contribution in [2.75, 3.05) is 26.3 Å². The molecule has 0 unspecified atom stereocenters. The van der Waals surface area contributed by atoms with Crippen LogP contribution in [0.3, 0.4) is 0 Å². The average molecular weight is 424 g/mol. The van der Waals surface area contributed by atoms with Gasteiger partial charge in [-0.3, -0.25) is 14.9 Å². The molecule has 0 aliphatic carbocycles. The zero-order valence-electron chi connectivity index (χ0n) is 16.6. The molecule has 10 heteroatoms. The Morgan fingerprint density at radius 3 is 2.55 bits per heavy atom. The van der Waals surface area contributed by atoms with Gasteiger partial charge in [-0.25, -0.2) is 4.68 Å². The lowest BCUT2D eigenvalue weighted by molar-refractivity contribution is -0.384. The van der Waals surface area contributed by atoms with E-state index in [2.05, 4.69) is 5.10 Å². The second kappa shape index (κ2) is 7.64. The quantitative estimate of drug-likeness (QED) is 0.467. The van der Waals surface area contributed by atoms with Crippen molar-refractivity contribution >= 4 is 11.6 Å². The summed E-state index contributed by atoms with van der Waals surface area (Å²) in [6.45, 7) is 2.10. The number of benzene rings is 1. The van der Waals surface area contributed by atoms with Gasteiger partial charge in [-0.15, -0.1) is 0 Å². The highest BCUT2D eigenvalue weighted by Gasteiger charge is 2.41. The number of carbonyl (C=O) groups is 1. The highest BCUT2D eigenvalue weighted by molar-refractivity contribution is 5.94. The molecule has 0 radical (unpaired) electrons. The van der Waals surface area contributed by atoms with Gasteiger partial charge in [0.05, 0.1) is 30.1 Å². The van der Waals surface area contributed by atoms with Crippen molar-refractivity contribution in [1.29, 1.82) is 0 Å². The first-order valence-electron chi connectivity index (χ1n) is 10.0. The van der Waals surface area contributed by atoms with Gasteiger partial charge in [0, 0.05) is 44.1 Å². The second-order valence-electron chi connectivity index (χ2n) is 7.48. The molecular weight excluding hydrogens is 404 g/mol. The number of nitro benzene ring substituents is 1. The normalized spacial score (nSPS) is 17.9. The zero-order valence-corrected chi connectivity index (χ0v) is 16.6. The Hall–Kier alpha value is -3.50. The number of ether oxygens (including phenoxy) is 2. The van der Waals surface area contributed by atoms with Gasteiger partial charge < -0.3 is 18.8 Å². The van der Waals surface area contributed by atoms with Crippen LogP contribution in [0.4, 0.5) is 5.69 Å². The van der Waals surface area contributed by atoms with Crippen molar-refractivity contribution in [3.05, 3.63) is 64.5 Å².